The number of aliphatic hydroxyl groups is 2. The van der Waals surface area contributed by atoms with Crippen LogP contribution in [-0.4, -0.2) is 47.1 Å². The third-order valence-electron chi connectivity index (χ3n) is 1.77. The molecule has 0 bridgehead atoms. The van der Waals surface area contributed by atoms with Gasteiger partial charge in [-0.25, -0.2) is 0 Å². The molecule has 0 heterocycles. The molecule has 5 heteroatoms. The molecule has 0 saturated carbocycles. The van der Waals surface area contributed by atoms with Gasteiger partial charge in [0.15, 0.2) is 0 Å². The lowest BCUT2D eigenvalue weighted by atomic mass is 10.1. The van der Waals surface area contributed by atoms with Gasteiger partial charge in [0.25, 0.3) is 0 Å². The molecule has 0 spiro atoms. The number of ether oxygens (including phenoxy) is 1. The number of esters is 1. The normalized spacial score (nSPS) is 15.6. The van der Waals surface area contributed by atoms with E-state index in [-0.39, 0.29) is 25.5 Å². The van der Waals surface area contributed by atoms with Crippen LogP contribution in [0.5, 0.6) is 0 Å². The molecule has 0 aromatic carbocycles. The van der Waals surface area contributed by atoms with E-state index >= 15 is 0 Å². The molecule has 0 aromatic rings. The van der Waals surface area contributed by atoms with Crippen LogP contribution < -0.4 is 5.32 Å². The van der Waals surface area contributed by atoms with E-state index in [1.165, 1.54) is 6.92 Å². The molecule has 0 aliphatic rings. The van der Waals surface area contributed by atoms with E-state index in [0.717, 1.165) is 0 Å². The lowest BCUT2D eigenvalue weighted by Crippen LogP contribution is -2.41. The summed E-state index contributed by atoms with van der Waals surface area (Å²) in [5.74, 6) is -0.274. The molecule has 0 saturated heterocycles. The molecule has 0 aliphatic carbocycles. The Morgan fingerprint density at radius 3 is 2.31 bits per heavy atom. The number of rotatable bonds is 6. The fraction of sp³-hybridized carbons (Fsp3) is 0.909. The molecular formula is C11H23NO4. The smallest absolute Gasteiger partial charge is 0.307 e. The van der Waals surface area contributed by atoms with Crippen molar-refractivity contribution in [3.05, 3.63) is 0 Å². The highest BCUT2D eigenvalue weighted by atomic mass is 16.6. The van der Waals surface area contributed by atoms with Gasteiger partial charge < -0.3 is 20.3 Å². The summed E-state index contributed by atoms with van der Waals surface area (Å²) >= 11 is 0. The molecule has 0 amide bonds. The van der Waals surface area contributed by atoms with Crippen molar-refractivity contribution < 1.29 is 19.7 Å². The van der Waals surface area contributed by atoms with Crippen LogP contribution in [0.3, 0.4) is 0 Å². The molecule has 5 nitrogen and oxygen atoms in total. The average molecular weight is 233 g/mol. The number of aliphatic hydroxyl groups excluding tert-OH is 1. The fourth-order valence-electron chi connectivity index (χ4n) is 0.997. The third kappa shape index (κ3) is 8.64. The summed E-state index contributed by atoms with van der Waals surface area (Å²) in [7, 11) is 0. The number of carbonyl (C=O) groups excluding carboxylic acids is 1. The summed E-state index contributed by atoms with van der Waals surface area (Å²) in [6, 6.07) is 0. The SMILES string of the molecule is CC(O)(CO)CNCCC(=O)OC(C)(C)C. The Balaban J connectivity index is 3.64. The number of nitrogens with one attached hydrogen (secondary N) is 1. The quantitative estimate of drug-likeness (QED) is 0.446. The summed E-state index contributed by atoms with van der Waals surface area (Å²) in [6.45, 7) is 7.32. The first kappa shape index (κ1) is 15.3. The Kier molecular flexibility index (Phi) is 5.92. The van der Waals surface area contributed by atoms with Crippen molar-refractivity contribution in [2.24, 2.45) is 0 Å². The zero-order valence-electron chi connectivity index (χ0n) is 10.5. The standard InChI is InChI=1S/C11H23NO4/c1-10(2,3)16-9(14)5-6-12-7-11(4,15)8-13/h12-13,15H,5-8H2,1-4H3. The maximum Gasteiger partial charge on any atom is 0.307 e. The third-order valence-corrected chi connectivity index (χ3v) is 1.77. The minimum atomic E-state index is -1.14. The number of hydrogen-bond donors (Lipinski definition) is 3. The molecule has 0 fully saturated rings. The van der Waals surface area contributed by atoms with Crippen molar-refractivity contribution in [3.8, 4) is 0 Å². The van der Waals surface area contributed by atoms with Crippen molar-refractivity contribution in [1.82, 2.24) is 5.32 Å². The maximum atomic E-state index is 11.3. The van der Waals surface area contributed by atoms with Crippen molar-refractivity contribution in [3.63, 3.8) is 0 Å². The van der Waals surface area contributed by atoms with E-state index < -0.39 is 11.2 Å². The van der Waals surface area contributed by atoms with Crippen molar-refractivity contribution in [1.29, 1.82) is 0 Å². The van der Waals surface area contributed by atoms with Crippen LogP contribution in [0, 0.1) is 0 Å². The highest BCUT2D eigenvalue weighted by Crippen LogP contribution is 2.07. The first-order chi connectivity index (χ1) is 7.16. The van der Waals surface area contributed by atoms with Gasteiger partial charge in [0.2, 0.25) is 0 Å². The van der Waals surface area contributed by atoms with Crippen LogP contribution in [0.25, 0.3) is 0 Å². The van der Waals surface area contributed by atoms with Gasteiger partial charge in [-0.3, -0.25) is 4.79 Å². The minimum Gasteiger partial charge on any atom is -0.460 e. The molecule has 0 radical (unpaired) electrons. The molecule has 16 heavy (non-hydrogen) atoms. The van der Waals surface area contributed by atoms with Gasteiger partial charge in [0.1, 0.15) is 5.60 Å². The van der Waals surface area contributed by atoms with E-state index in [0.29, 0.717) is 6.54 Å². The molecule has 0 rings (SSSR count). The summed E-state index contributed by atoms with van der Waals surface area (Å²) in [4.78, 5) is 11.3. The summed E-state index contributed by atoms with van der Waals surface area (Å²) in [6.07, 6.45) is 0.249. The van der Waals surface area contributed by atoms with Gasteiger partial charge in [0.05, 0.1) is 18.6 Å². The van der Waals surface area contributed by atoms with Crippen LogP contribution in [0.4, 0.5) is 0 Å². The van der Waals surface area contributed by atoms with E-state index in [4.69, 9.17) is 9.84 Å². The first-order valence-electron chi connectivity index (χ1n) is 5.42. The molecule has 96 valence electrons. The van der Waals surface area contributed by atoms with Gasteiger partial charge in [-0.1, -0.05) is 0 Å². The van der Waals surface area contributed by atoms with Crippen LogP contribution in [0.15, 0.2) is 0 Å². The van der Waals surface area contributed by atoms with Crippen LogP contribution in [0.1, 0.15) is 34.1 Å². The Labute approximate surface area is 96.8 Å². The van der Waals surface area contributed by atoms with Gasteiger partial charge >= 0.3 is 5.97 Å². The molecule has 3 N–H and O–H groups in total. The predicted octanol–water partition coefficient (Wildman–Crippen LogP) is 0.0511. The average Bonchev–Trinajstić information content (AvgIpc) is 2.10. The molecule has 0 aliphatic heterocycles. The Morgan fingerprint density at radius 2 is 1.88 bits per heavy atom. The molecular weight excluding hydrogens is 210 g/mol. The van der Waals surface area contributed by atoms with Crippen molar-refractivity contribution in [2.75, 3.05) is 19.7 Å². The van der Waals surface area contributed by atoms with Crippen LogP contribution >= 0.6 is 0 Å². The largest absolute Gasteiger partial charge is 0.460 e. The number of hydrogen-bond acceptors (Lipinski definition) is 5. The van der Waals surface area contributed by atoms with Gasteiger partial charge in [0, 0.05) is 13.1 Å². The van der Waals surface area contributed by atoms with E-state index in [9.17, 15) is 9.90 Å². The topological polar surface area (TPSA) is 78.8 Å². The van der Waals surface area contributed by atoms with Crippen LogP contribution in [-0.2, 0) is 9.53 Å². The highest BCUT2D eigenvalue weighted by Gasteiger charge is 2.19. The lowest BCUT2D eigenvalue weighted by Gasteiger charge is -2.21. The van der Waals surface area contributed by atoms with Crippen LogP contribution in [0.2, 0.25) is 0 Å². The first-order valence-corrected chi connectivity index (χ1v) is 5.42. The Morgan fingerprint density at radius 1 is 1.31 bits per heavy atom. The lowest BCUT2D eigenvalue weighted by molar-refractivity contribution is -0.154. The van der Waals surface area contributed by atoms with E-state index in [2.05, 4.69) is 5.32 Å². The van der Waals surface area contributed by atoms with E-state index in [1.807, 2.05) is 20.8 Å². The molecule has 1 atom stereocenters. The summed E-state index contributed by atoms with van der Waals surface area (Å²) < 4.78 is 5.11. The summed E-state index contributed by atoms with van der Waals surface area (Å²) in [5.41, 5.74) is -1.61. The molecule has 0 aromatic heterocycles. The Bertz CT molecular complexity index is 221. The monoisotopic (exact) mass is 233 g/mol. The second kappa shape index (κ2) is 6.18. The minimum absolute atomic E-state index is 0.242. The zero-order valence-corrected chi connectivity index (χ0v) is 10.5. The maximum absolute atomic E-state index is 11.3. The van der Waals surface area contributed by atoms with Gasteiger partial charge in [-0.15, -0.1) is 0 Å². The zero-order chi connectivity index (χ0) is 12.8. The second-order valence-corrected chi connectivity index (χ2v) is 5.17. The van der Waals surface area contributed by atoms with Gasteiger partial charge in [-0.05, 0) is 27.7 Å². The van der Waals surface area contributed by atoms with Crippen molar-refractivity contribution >= 4 is 5.97 Å². The second-order valence-electron chi connectivity index (χ2n) is 5.17. The fourth-order valence-corrected chi connectivity index (χ4v) is 0.997. The van der Waals surface area contributed by atoms with Gasteiger partial charge in [-0.2, -0.15) is 0 Å². The molecule has 1 unspecified atom stereocenters. The number of carbonyl (C=O) groups is 1. The predicted molar refractivity (Wildman–Crippen MR) is 61.0 cm³/mol. The summed E-state index contributed by atoms with van der Waals surface area (Å²) in [5, 5.41) is 21.1. The van der Waals surface area contributed by atoms with E-state index in [1.54, 1.807) is 0 Å². The van der Waals surface area contributed by atoms with Crippen molar-refractivity contribution in [2.45, 2.75) is 45.3 Å². The highest BCUT2D eigenvalue weighted by molar-refractivity contribution is 5.70. The Hall–Kier alpha value is -0.650.